The van der Waals surface area contributed by atoms with Crippen LogP contribution in [0.15, 0.2) is 83.8 Å². The van der Waals surface area contributed by atoms with Gasteiger partial charge in [0.05, 0.1) is 17.2 Å². The molecule has 0 heterocycles. The Balaban J connectivity index is 1.72. The van der Waals surface area contributed by atoms with Crippen LogP contribution in [-0.4, -0.2) is 28.0 Å². The molecular weight excluding hydrogens is 402 g/mol. The number of benzene rings is 3. The molecule has 30 heavy (non-hydrogen) atoms. The Morgan fingerprint density at radius 1 is 0.967 bits per heavy atom. The molecule has 3 rings (SSSR count). The zero-order valence-corrected chi connectivity index (χ0v) is 17.5. The number of hydrazine groups is 1. The summed E-state index contributed by atoms with van der Waals surface area (Å²) in [5, 5.41) is 1.60. The summed E-state index contributed by atoms with van der Waals surface area (Å²) in [7, 11) is -2.07. The Kier molecular flexibility index (Phi) is 6.58. The number of carbonyl (C=O) groups is 1. The molecule has 0 radical (unpaired) electrons. The largest absolute Gasteiger partial charge is 0.494 e. The van der Waals surface area contributed by atoms with Gasteiger partial charge in [-0.25, -0.2) is 8.42 Å². The van der Waals surface area contributed by atoms with E-state index in [-0.39, 0.29) is 10.8 Å². The van der Waals surface area contributed by atoms with Crippen LogP contribution >= 0.6 is 0 Å². The molecule has 0 spiro atoms. The van der Waals surface area contributed by atoms with Crippen molar-refractivity contribution in [3.05, 3.63) is 84.4 Å². The molecule has 0 aliphatic rings. The quantitative estimate of drug-likeness (QED) is 0.538. The molecule has 0 saturated carbocycles. The van der Waals surface area contributed by atoms with Crippen LogP contribution in [0.1, 0.15) is 17.3 Å². The van der Waals surface area contributed by atoms with Gasteiger partial charge in [-0.05, 0) is 61.5 Å². The summed E-state index contributed by atoms with van der Waals surface area (Å²) in [5.41, 5.74) is 4.19. The summed E-state index contributed by atoms with van der Waals surface area (Å²) >= 11 is 0. The van der Waals surface area contributed by atoms with E-state index in [1.165, 1.54) is 18.2 Å². The van der Waals surface area contributed by atoms with Crippen LogP contribution in [0.3, 0.4) is 0 Å². The van der Waals surface area contributed by atoms with E-state index in [9.17, 15) is 13.2 Å². The number of carbonyl (C=O) groups excluding carboxylic acids is 1. The Bertz CT molecular complexity index is 1100. The van der Waals surface area contributed by atoms with Crippen molar-refractivity contribution < 1.29 is 17.9 Å². The van der Waals surface area contributed by atoms with Gasteiger partial charge < -0.3 is 4.74 Å². The fourth-order valence-corrected chi connectivity index (χ4v) is 3.80. The third kappa shape index (κ3) is 5.30. The molecule has 2 N–H and O–H groups in total. The van der Waals surface area contributed by atoms with Crippen molar-refractivity contribution in [2.75, 3.05) is 23.4 Å². The van der Waals surface area contributed by atoms with E-state index in [0.717, 1.165) is 5.69 Å². The summed E-state index contributed by atoms with van der Waals surface area (Å²) in [4.78, 5) is 12.7. The molecule has 3 aromatic rings. The number of nitrogens with zero attached hydrogens (tertiary/aromatic N) is 1. The average Bonchev–Trinajstić information content (AvgIpc) is 2.75. The van der Waals surface area contributed by atoms with Crippen LogP contribution in [0.5, 0.6) is 5.75 Å². The maximum atomic E-state index is 12.7. The van der Waals surface area contributed by atoms with E-state index in [4.69, 9.17) is 4.74 Å². The smallest absolute Gasteiger partial charge is 0.269 e. The van der Waals surface area contributed by atoms with Crippen LogP contribution in [0.2, 0.25) is 0 Å². The molecule has 1 amide bonds. The molecule has 0 bridgehead atoms. The predicted molar refractivity (Wildman–Crippen MR) is 117 cm³/mol. The predicted octanol–water partition coefficient (Wildman–Crippen LogP) is 3.67. The molecule has 0 aliphatic heterocycles. The fraction of sp³-hybridized carbons (Fsp3) is 0.136. The van der Waals surface area contributed by atoms with Crippen LogP contribution < -0.4 is 19.9 Å². The summed E-state index contributed by atoms with van der Waals surface area (Å²) in [6, 6.07) is 21.8. The van der Waals surface area contributed by atoms with Crippen molar-refractivity contribution in [2.45, 2.75) is 11.8 Å². The van der Waals surface area contributed by atoms with Crippen molar-refractivity contribution in [1.82, 2.24) is 5.43 Å². The number of para-hydroxylation sites is 1. The van der Waals surface area contributed by atoms with E-state index >= 15 is 0 Å². The lowest BCUT2D eigenvalue weighted by Crippen LogP contribution is -2.39. The zero-order valence-electron chi connectivity index (χ0n) is 16.7. The molecule has 0 unspecified atom stereocenters. The van der Waals surface area contributed by atoms with Crippen molar-refractivity contribution >= 4 is 27.3 Å². The molecule has 0 saturated heterocycles. The number of rotatable bonds is 8. The third-order valence-electron chi connectivity index (χ3n) is 4.23. The minimum atomic E-state index is -3.80. The standard InChI is InChI=1S/C22H23N3O4S/c1-3-29-20-12-14-21(15-13-20)30(27,28)24-18-9-7-8-17(16-18)22(26)23-25(2)19-10-5-4-6-11-19/h4-16,24H,3H2,1-2H3,(H,23,26). The topological polar surface area (TPSA) is 87.7 Å². The molecule has 0 aromatic heterocycles. The van der Waals surface area contributed by atoms with Gasteiger partial charge in [-0.1, -0.05) is 24.3 Å². The van der Waals surface area contributed by atoms with E-state index in [1.807, 2.05) is 37.3 Å². The maximum Gasteiger partial charge on any atom is 0.269 e. The number of amides is 1. The second-order valence-electron chi connectivity index (χ2n) is 6.43. The third-order valence-corrected chi connectivity index (χ3v) is 5.63. The average molecular weight is 426 g/mol. The first-order valence-electron chi connectivity index (χ1n) is 9.34. The molecule has 0 fully saturated rings. The van der Waals surface area contributed by atoms with Crippen molar-refractivity contribution in [1.29, 1.82) is 0 Å². The zero-order chi connectivity index (χ0) is 21.6. The van der Waals surface area contributed by atoms with E-state index in [1.54, 1.807) is 42.4 Å². The molecular formula is C22H23N3O4S. The first kappa shape index (κ1) is 21.2. The summed E-state index contributed by atoms with van der Waals surface area (Å²) in [6.45, 7) is 2.35. The lowest BCUT2D eigenvalue weighted by molar-refractivity contribution is 0.0951. The number of anilines is 2. The van der Waals surface area contributed by atoms with Crippen LogP contribution in [-0.2, 0) is 10.0 Å². The highest BCUT2D eigenvalue weighted by molar-refractivity contribution is 7.92. The number of ether oxygens (including phenoxy) is 1. The van der Waals surface area contributed by atoms with Crippen LogP contribution in [0.25, 0.3) is 0 Å². The summed E-state index contributed by atoms with van der Waals surface area (Å²) < 4.78 is 33.1. The second-order valence-corrected chi connectivity index (χ2v) is 8.11. The second kappa shape index (κ2) is 9.32. The highest BCUT2D eigenvalue weighted by atomic mass is 32.2. The number of sulfonamides is 1. The monoisotopic (exact) mass is 425 g/mol. The SMILES string of the molecule is CCOc1ccc(S(=O)(=O)Nc2cccc(C(=O)NN(C)c3ccccc3)c2)cc1. The number of hydrogen-bond acceptors (Lipinski definition) is 5. The summed E-state index contributed by atoms with van der Waals surface area (Å²) in [5.74, 6) is 0.237. The molecule has 7 nitrogen and oxygen atoms in total. The van der Waals surface area contributed by atoms with Gasteiger partial charge in [0.25, 0.3) is 15.9 Å². The number of nitrogens with one attached hydrogen (secondary N) is 2. The van der Waals surface area contributed by atoms with Crippen molar-refractivity contribution in [2.24, 2.45) is 0 Å². The molecule has 0 atom stereocenters. The van der Waals surface area contributed by atoms with Gasteiger partial charge >= 0.3 is 0 Å². The first-order chi connectivity index (χ1) is 14.4. The maximum absolute atomic E-state index is 12.7. The van der Waals surface area contributed by atoms with Crippen LogP contribution in [0.4, 0.5) is 11.4 Å². The highest BCUT2D eigenvalue weighted by Gasteiger charge is 2.16. The lowest BCUT2D eigenvalue weighted by atomic mass is 10.2. The highest BCUT2D eigenvalue weighted by Crippen LogP contribution is 2.20. The van der Waals surface area contributed by atoms with Crippen LogP contribution in [0, 0.1) is 0 Å². The molecule has 156 valence electrons. The fourth-order valence-electron chi connectivity index (χ4n) is 2.75. The van der Waals surface area contributed by atoms with Gasteiger partial charge in [0, 0.05) is 18.3 Å². The Hall–Kier alpha value is -3.52. The van der Waals surface area contributed by atoms with Gasteiger partial charge in [-0.3, -0.25) is 20.0 Å². The normalized spacial score (nSPS) is 10.9. The molecule has 3 aromatic carbocycles. The Morgan fingerprint density at radius 2 is 1.67 bits per heavy atom. The van der Waals surface area contributed by atoms with E-state index in [2.05, 4.69) is 10.1 Å². The van der Waals surface area contributed by atoms with Gasteiger partial charge in [0.2, 0.25) is 0 Å². The van der Waals surface area contributed by atoms with Crippen molar-refractivity contribution in [3.63, 3.8) is 0 Å². The first-order valence-corrected chi connectivity index (χ1v) is 10.8. The number of hydrogen-bond donors (Lipinski definition) is 2. The minimum Gasteiger partial charge on any atom is -0.494 e. The van der Waals surface area contributed by atoms with Gasteiger partial charge in [0.15, 0.2) is 0 Å². The lowest BCUT2D eigenvalue weighted by Gasteiger charge is -2.20. The van der Waals surface area contributed by atoms with E-state index < -0.39 is 10.0 Å². The van der Waals surface area contributed by atoms with Gasteiger partial charge in [-0.2, -0.15) is 0 Å². The Labute approximate surface area is 176 Å². The van der Waals surface area contributed by atoms with Gasteiger partial charge in [-0.15, -0.1) is 0 Å². The van der Waals surface area contributed by atoms with E-state index in [0.29, 0.717) is 23.6 Å². The van der Waals surface area contributed by atoms with Gasteiger partial charge in [0.1, 0.15) is 5.75 Å². The molecule has 0 aliphatic carbocycles. The summed E-state index contributed by atoms with van der Waals surface area (Å²) in [6.07, 6.45) is 0. The van der Waals surface area contributed by atoms with Crippen molar-refractivity contribution in [3.8, 4) is 5.75 Å². The Morgan fingerprint density at radius 3 is 2.33 bits per heavy atom. The molecule has 8 heteroatoms. The minimum absolute atomic E-state index is 0.101.